The number of carbonyl (C=O) groups excluding carboxylic acids is 1. The smallest absolute Gasteiger partial charge is 0.282 e. The number of halogens is 2. The van der Waals surface area contributed by atoms with Crippen LogP contribution >= 0.6 is 27.3 Å². The Morgan fingerprint density at radius 2 is 2.04 bits per heavy atom. The van der Waals surface area contributed by atoms with Crippen LogP contribution in [0.5, 0.6) is 0 Å². The van der Waals surface area contributed by atoms with Crippen LogP contribution in [0, 0.1) is 12.7 Å². The van der Waals surface area contributed by atoms with Crippen molar-refractivity contribution in [3.63, 3.8) is 0 Å². The molecule has 0 fully saturated rings. The molecule has 0 saturated carbocycles. The second-order valence-electron chi connectivity index (χ2n) is 6.33. The lowest BCUT2D eigenvalue weighted by molar-refractivity contribution is 0.0994. The molecule has 1 aromatic heterocycles. The molecule has 2 aromatic rings. The largest absolute Gasteiger partial charge is 0.321 e. The fourth-order valence-electron chi connectivity index (χ4n) is 2.45. The molecule has 23 heavy (non-hydrogen) atoms. The molecule has 0 spiro atoms. The standard InChI is InChI=1S/C17H20BrFN2OS/c1-6-21-10(2)14(17(3,4)5)23-16(21)20-15(22)12-9-11(18)7-8-13(12)19/h7-9H,6H2,1-5H3. The summed E-state index contributed by atoms with van der Waals surface area (Å²) in [5.41, 5.74) is 1.06. The lowest BCUT2D eigenvalue weighted by Gasteiger charge is -2.17. The third-order valence-electron chi connectivity index (χ3n) is 3.51. The lowest BCUT2D eigenvalue weighted by atomic mass is 9.93. The summed E-state index contributed by atoms with van der Waals surface area (Å²) in [5.74, 6) is -1.12. The molecule has 6 heteroatoms. The zero-order valence-electron chi connectivity index (χ0n) is 13.9. The predicted octanol–water partition coefficient (Wildman–Crippen LogP) is 4.82. The summed E-state index contributed by atoms with van der Waals surface area (Å²) >= 11 is 4.75. The van der Waals surface area contributed by atoms with Crippen LogP contribution < -0.4 is 4.80 Å². The first-order valence-electron chi connectivity index (χ1n) is 7.40. The van der Waals surface area contributed by atoms with E-state index in [1.54, 1.807) is 6.07 Å². The van der Waals surface area contributed by atoms with Gasteiger partial charge in [-0.3, -0.25) is 4.79 Å². The summed E-state index contributed by atoms with van der Waals surface area (Å²) < 4.78 is 16.5. The number of thiazole rings is 1. The number of amides is 1. The third kappa shape index (κ3) is 3.80. The minimum Gasteiger partial charge on any atom is -0.321 e. The van der Waals surface area contributed by atoms with Crippen LogP contribution in [-0.2, 0) is 12.0 Å². The van der Waals surface area contributed by atoms with Crippen LogP contribution in [0.4, 0.5) is 4.39 Å². The average Bonchev–Trinajstić information content (AvgIpc) is 2.77. The van der Waals surface area contributed by atoms with E-state index in [2.05, 4.69) is 41.7 Å². The van der Waals surface area contributed by atoms with Crippen LogP contribution in [0.15, 0.2) is 27.7 Å². The zero-order chi connectivity index (χ0) is 17.4. The summed E-state index contributed by atoms with van der Waals surface area (Å²) in [5, 5.41) is 0. The monoisotopic (exact) mass is 398 g/mol. The van der Waals surface area contributed by atoms with E-state index in [-0.39, 0.29) is 11.0 Å². The Labute approximate surface area is 148 Å². The Morgan fingerprint density at radius 3 is 2.61 bits per heavy atom. The second kappa shape index (κ2) is 6.69. The van der Waals surface area contributed by atoms with E-state index in [0.29, 0.717) is 15.8 Å². The van der Waals surface area contributed by atoms with E-state index < -0.39 is 11.7 Å². The maximum atomic E-state index is 13.9. The number of benzene rings is 1. The Kier molecular flexibility index (Phi) is 5.26. The van der Waals surface area contributed by atoms with Gasteiger partial charge in [-0.2, -0.15) is 4.99 Å². The molecule has 0 unspecified atom stereocenters. The molecule has 0 bridgehead atoms. The van der Waals surface area contributed by atoms with Gasteiger partial charge in [0.2, 0.25) is 0 Å². The lowest BCUT2D eigenvalue weighted by Crippen LogP contribution is -2.18. The number of nitrogens with zero attached hydrogens (tertiary/aromatic N) is 2. The molecule has 0 aliphatic carbocycles. The summed E-state index contributed by atoms with van der Waals surface area (Å²) in [7, 11) is 0. The highest BCUT2D eigenvalue weighted by Gasteiger charge is 2.22. The van der Waals surface area contributed by atoms with Crippen molar-refractivity contribution in [2.75, 3.05) is 0 Å². The minimum absolute atomic E-state index is 0.0228. The molecule has 2 rings (SSSR count). The second-order valence-corrected chi connectivity index (χ2v) is 8.23. The average molecular weight is 399 g/mol. The van der Waals surface area contributed by atoms with Gasteiger partial charge in [0, 0.05) is 21.6 Å². The normalized spacial score (nSPS) is 12.7. The van der Waals surface area contributed by atoms with Crippen molar-refractivity contribution in [3.8, 4) is 0 Å². The van der Waals surface area contributed by atoms with Gasteiger partial charge in [-0.1, -0.05) is 36.7 Å². The molecule has 1 heterocycles. The fourth-order valence-corrected chi connectivity index (χ4v) is 4.06. The van der Waals surface area contributed by atoms with Gasteiger partial charge in [-0.15, -0.1) is 11.3 Å². The topological polar surface area (TPSA) is 34.4 Å². The number of aromatic nitrogens is 1. The van der Waals surface area contributed by atoms with E-state index in [1.807, 2.05) is 18.4 Å². The maximum Gasteiger partial charge on any atom is 0.282 e. The Hall–Kier alpha value is -1.27. The van der Waals surface area contributed by atoms with Crippen molar-refractivity contribution >= 4 is 33.2 Å². The van der Waals surface area contributed by atoms with E-state index in [9.17, 15) is 9.18 Å². The van der Waals surface area contributed by atoms with Gasteiger partial charge >= 0.3 is 0 Å². The molecule has 0 aliphatic heterocycles. The van der Waals surface area contributed by atoms with Gasteiger partial charge in [0.05, 0.1) is 5.56 Å². The van der Waals surface area contributed by atoms with Crippen LogP contribution in [0.2, 0.25) is 0 Å². The van der Waals surface area contributed by atoms with Gasteiger partial charge in [-0.05, 0) is 37.5 Å². The van der Waals surface area contributed by atoms with Crippen molar-refractivity contribution in [3.05, 3.63) is 49.4 Å². The quantitative estimate of drug-likeness (QED) is 0.713. The van der Waals surface area contributed by atoms with Gasteiger partial charge in [0.1, 0.15) is 5.82 Å². The van der Waals surface area contributed by atoms with E-state index in [1.165, 1.54) is 28.3 Å². The first-order valence-corrected chi connectivity index (χ1v) is 9.01. The van der Waals surface area contributed by atoms with Crippen molar-refractivity contribution in [1.29, 1.82) is 0 Å². The molecular formula is C17H20BrFN2OS. The number of hydrogen-bond donors (Lipinski definition) is 0. The predicted molar refractivity (Wildman–Crippen MR) is 95.4 cm³/mol. The van der Waals surface area contributed by atoms with Crippen molar-refractivity contribution < 1.29 is 9.18 Å². The van der Waals surface area contributed by atoms with E-state index in [4.69, 9.17) is 0 Å². The zero-order valence-corrected chi connectivity index (χ0v) is 16.3. The highest BCUT2D eigenvalue weighted by molar-refractivity contribution is 9.10. The van der Waals surface area contributed by atoms with Gasteiger partial charge < -0.3 is 4.57 Å². The summed E-state index contributed by atoms with van der Waals surface area (Å²) in [6.45, 7) is 11.1. The van der Waals surface area contributed by atoms with Gasteiger partial charge in [0.15, 0.2) is 4.80 Å². The molecule has 1 amide bonds. The number of carbonyl (C=O) groups is 1. The molecule has 0 N–H and O–H groups in total. The first kappa shape index (κ1) is 18.1. The first-order chi connectivity index (χ1) is 10.6. The Bertz CT molecular complexity index is 815. The summed E-state index contributed by atoms with van der Waals surface area (Å²) in [4.78, 5) is 18.4. The fraction of sp³-hybridized carbons (Fsp3) is 0.412. The highest BCUT2D eigenvalue weighted by Crippen LogP contribution is 2.28. The molecule has 0 atom stereocenters. The molecule has 0 aliphatic rings. The summed E-state index contributed by atoms with van der Waals surface area (Å²) in [6, 6.07) is 4.29. The molecule has 0 saturated heterocycles. The van der Waals surface area contributed by atoms with Crippen molar-refractivity contribution in [2.45, 2.75) is 46.6 Å². The van der Waals surface area contributed by atoms with Gasteiger partial charge in [0.25, 0.3) is 5.91 Å². The Balaban J connectivity index is 2.59. The van der Waals surface area contributed by atoms with E-state index >= 15 is 0 Å². The number of rotatable bonds is 2. The Morgan fingerprint density at radius 1 is 1.39 bits per heavy atom. The summed E-state index contributed by atoms with van der Waals surface area (Å²) in [6.07, 6.45) is 0. The van der Waals surface area contributed by atoms with Crippen molar-refractivity contribution in [1.82, 2.24) is 4.57 Å². The molecule has 124 valence electrons. The SMILES string of the molecule is CCn1c(C)c(C(C)(C)C)sc1=NC(=O)c1cc(Br)ccc1F. The van der Waals surface area contributed by atoms with Crippen LogP contribution in [0.1, 0.15) is 48.6 Å². The minimum atomic E-state index is -0.562. The molecular weight excluding hydrogens is 379 g/mol. The maximum absolute atomic E-state index is 13.9. The third-order valence-corrected chi connectivity index (χ3v) is 5.61. The number of hydrogen-bond acceptors (Lipinski definition) is 2. The van der Waals surface area contributed by atoms with Crippen molar-refractivity contribution in [2.24, 2.45) is 4.99 Å². The van der Waals surface area contributed by atoms with E-state index in [0.717, 1.165) is 5.69 Å². The molecule has 3 nitrogen and oxygen atoms in total. The van der Waals surface area contributed by atoms with Crippen LogP contribution in [-0.4, -0.2) is 10.5 Å². The van der Waals surface area contributed by atoms with Crippen LogP contribution in [0.25, 0.3) is 0 Å². The molecule has 1 aromatic carbocycles. The van der Waals surface area contributed by atoms with Gasteiger partial charge in [-0.25, -0.2) is 4.39 Å². The highest BCUT2D eigenvalue weighted by atomic mass is 79.9. The van der Waals surface area contributed by atoms with Crippen LogP contribution in [0.3, 0.4) is 0 Å². The molecule has 0 radical (unpaired) electrons.